The summed E-state index contributed by atoms with van der Waals surface area (Å²) in [5.74, 6) is -5.78. The quantitative estimate of drug-likeness (QED) is 0.0541. The molecule has 0 aliphatic heterocycles. The van der Waals surface area contributed by atoms with E-state index in [1.165, 1.54) is 0 Å². The van der Waals surface area contributed by atoms with Gasteiger partial charge in [-0.3, -0.25) is 0 Å². The molecule has 0 saturated carbocycles. The molecule has 0 amide bonds. The fraction of sp³-hybridized carbons (Fsp3) is 0.800. The molecule has 0 unspecified atom stereocenters. The maximum absolute atomic E-state index is 10.6. The number of carbonyl (C=O) groups is 3. The molecule has 9 atom stereocenters. The predicted octanol–water partition coefficient (Wildman–Crippen LogP) is -14.5. The van der Waals surface area contributed by atoms with Crippen molar-refractivity contribution in [3.8, 4) is 0 Å². The summed E-state index contributed by atoms with van der Waals surface area (Å²) in [7, 11) is -16.9. The first-order valence-corrected chi connectivity index (χ1v) is 15.2. The van der Waals surface area contributed by atoms with Crippen LogP contribution >= 0.6 is 23.5 Å². The van der Waals surface area contributed by atoms with Gasteiger partial charge in [-0.05, 0) is 0 Å². The Kier molecular flexibility index (Phi) is 30.2. The molecule has 0 aliphatic carbocycles. The molecule has 27 nitrogen and oxygen atoms in total. The second-order valence-corrected chi connectivity index (χ2v) is 10.9. The molecule has 0 heterocycles. The zero-order chi connectivity index (χ0) is 36.7. The number of hydrogen-bond donors (Lipinski definition) is 12. The smallest absolute Gasteiger partial charge is 0.780 e. The van der Waals surface area contributed by atoms with E-state index >= 15 is 0 Å². The Morgan fingerprint density at radius 3 is 0.702 bits per heavy atom. The average Bonchev–Trinajstić information content (AvgIpc) is 2.91. The molecule has 32 heteroatoms. The molecule has 47 heavy (non-hydrogen) atoms. The van der Waals surface area contributed by atoms with E-state index in [1.807, 2.05) is 0 Å². The van der Waals surface area contributed by atoms with Gasteiger partial charge in [0.25, 0.3) is 0 Å². The van der Waals surface area contributed by atoms with Gasteiger partial charge in [0.1, 0.15) is 60.1 Å². The second-order valence-electron chi connectivity index (χ2n) is 7.63. The number of aliphatic hydroxyl groups is 12. The Morgan fingerprint density at radius 2 is 0.596 bits per heavy atom. The first-order valence-electron chi connectivity index (χ1n) is 10.8. The topological polar surface area (TPSA) is 511 Å². The SMILES string of the molecule is O=C(OP(=O)([O-])[O-])[C@H](O)[C@H](O)[C@H](O)CO.O=C(OP(=O)([O-])[O-])[C@H](O)[C@H](O)[C@H](O)CO.O=C(OP(=O)([O-])[O-])[C@H](O)[C@H](O)[C@H](O)CO.[Al+3].[Al+3]. The molecular weight excluding hydrogens is 759 g/mol. The van der Waals surface area contributed by atoms with Crippen molar-refractivity contribution < 1.29 is 132 Å². The number of rotatable bonds is 15. The van der Waals surface area contributed by atoms with E-state index < -0.39 is 116 Å². The van der Waals surface area contributed by atoms with Gasteiger partial charge in [0.15, 0.2) is 18.3 Å². The van der Waals surface area contributed by atoms with Crippen LogP contribution in [0.25, 0.3) is 0 Å². The Labute approximate surface area is 282 Å². The van der Waals surface area contributed by atoms with E-state index in [2.05, 4.69) is 13.6 Å². The van der Waals surface area contributed by atoms with Crippen LogP contribution in [0.1, 0.15) is 0 Å². The summed E-state index contributed by atoms with van der Waals surface area (Å²) in [5, 5.41) is 104. The van der Waals surface area contributed by atoms with Crippen LogP contribution in [0.4, 0.5) is 0 Å². The first kappa shape index (κ1) is 55.8. The summed E-state index contributed by atoms with van der Waals surface area (Å²) in [5.41, 5.74) is 0. The third-order valence-corrected chi connectivity index (χ3v) is 5.25. The minimum Gasteiger partial charge on any atom is -0.780 e. The molecule has 0 rings (SSSR count). The number of phosphoric ester groups is 3. The van der Waals surface area contributed by atoms with Crippen molar-refractivity contribution in [1.82, 2.24) is 0 Å². The van der Waals surface area contributed by atoms with Gasteiger partial charge in [-0.25, -0.2) is 14.4 Å². The van der Waals surface area contributed by atoms with E-state index in [0.29, 0.717) is 0 Å². The van der Waals surface area contributed by atoms with E-state index in [-0.39, 0.29) is 34.7 Å². The van der Waals surface area contributed by atoms with Gasteiger partial charge in [-0.15, -0.1) is 0 Å². The number of carbonyl (C=O) groups excluding carboxylic acids is 3. The number of phosphoric acid groups is 3. The van der Waals surface area contributed by atoms with Crippen LogP contribution in [0.3, 0.4) is 0 Å². The third-order valence-electron chi connectivity index (χ3n) is 4.04. The second kappa shape index (κ2) is 25.4. The summed E-state index contributed by atoms with van der Waals surface area (Å²) in [6.45, 7) is -2.92. The molecule has 0 radical (unpaired) electrons. The van der Waals surface area contributed by atoms with Crippen molar-refractivity contribution in [1.29, 1.82) is 0 Å². The van der Waals surface area contributed by atoms with Gasteiger partial charge in [-0.1, -0.05) is 0 Å². The minimum atomic E-state index is -5.62. The van der Waals surface area contributed by atoms with Crippen LogP contribution in [-0.4, -0.2) is 189 Å². The summed E-state index contributed by atoms with van der Waals surface area (Å²) < 4.78 is 39.5. The fourth-order valence-electron chi connectivity index (χ4n) is 1.87. The Morgan fingerprint density at radius 1 is 0.447 bits per heavy atom. The van der Waals surface area contributed by atoms with Crippen LogP contribution in [0.15, 0.2) is 0 Å². The van der Waals surface area contributed by atoms with Crippen molar-refractivity contribution in [3.63, 3.8) is 0 Å². The summed E-state index contributed by atoms with van der Waals surface area (Å²) in [6.07, 6.45) is -19.4. The third kappa shape index (κ3) is 26.9. The van der Waals surface area contributed by atoms with E-state index in [4.69, 9.17) is 61.3 Å². The summed E-state index contributed by atoms with van der Waals surface area (Å²) in [6, 6.07) is 0. The van der Waals surface area contributed by atoms with Gasteiger partial charge in [-0.2, -0.15) is 0 Å². The predicted molar refractivity (Wildman–Crippen MR) is 128 cm³/mol. The van der Waals surface area contributed by atoms with Gasteiger partial charge in [0.2, 0.25) is 0 Å². The van der Waals surface area contributed by atoms with Crippen LogP contribution in [0.2, 0.25) is 0 Å². The standard InChI is InChI=1S/3C5H11O9P.2Al/c3*6-1-2(7)3(8)4(9)5(10)14-15(11,12)13;;/h3*2-4,6-9H,1H2,(H2,11,12,13);;/q;;;2*+3/p-6/t3*2-,3-,4-;;/m111../s1. The number of hydrogen-bond acceptors (Lipinski definition) is 27. The summed E-state index contributed by atoms with van der Waals surface area (Å²) in [4.78, 5) is 91.5. The maximum atomic E-state index is 10.6. The molecular formula is C15H27Al2O27P3. The van der Waals surface area contributed by atoms with Crippen LogP contribution in [0, 0.1) is 0 Å². The molecule has 0 fully saturated rings. The molecule has 0 aliphatic rings. The molecule has 0 spiro atoms. The first-order chi connectivity index (χ1) is 20.1. The molecule has 0 saturated heterocycles. The fourth-order valence-corrected chi connectivity index (χ4v) is 2.85. The van der Waals surface area contributed by atoms with Gasteiger partial charge >= 0.3 is 52.6 Å². The molecule has 0 aromatic heterocycles. The molecule has 0 aromatic carbocycles. The zero-order valence-electron chi connectivity index (χ0n) is 22.8. The van der Waals surface area contributed by atoms with Crippen LogP contribution in [0.5, 0.6) is 0 Å². The van der Waals surface area contributed by atoms with Gasteiger partial charge < -0.3 is 118 Å². The van der Waals surface area contributed by atoms with Gasteiger partial charge in [0, 0.05) is 0 Å². The Balaban J connectivity index is -0.000000184. The monoisotopic (exact) mass is 786 g/mol. The zero-order valence-corrected chi connectivity index (χ0v) is 27.8. The minimum absolute atomic E-state index is 0. The maximum Gasteiger partial charge on any atom is 3.00 e. The van der Waals surface area contributed by atoms with E-state index in [9.17, 15) is 57.4 Å². The van der Waals surface area contributed by atoms with Crippen molar-refractivity contribution in [2.24, 2.45) is 0 Å². The molecule has 0 bridgehead atoms. The van der Waals surface area contributed by atoms with Crippen molar-refractivity contribution in [2.45, 2.75) is 54.9 Å². The summed E-state index contributed by atoms with van der Waals surface area (Å²) >= 11 is 0. The van der Waals surface area contributed by atoms with E-state index in [0.717, 1.165) is 0 Å². The van der Waals surface area contributed by atoms with Crippen molar-refractivity contribution in [3.05, 3.63) is 0 Å². The van der Waals surface area contributed by atoms with Crippen molar-refractivity contribution in [2.75, 3.05) is 19.8 Å². The Bertz CT molecular complexity index is 918. The number of aliphatic hydroxyl groups excluding tert-OH is 12. The average molecular weight is 786 g/mol. The normalized spacial score (nSPS) is 17.2. The van der Waals surface area contributed by atoms with Crippen molar-refractivity contribution >= 4 is 76.1 Å². The molecule has 12 N–H and O–H groups in total. The van der Waals surface area contributed by atoms with E-state index in [1.54, 1.807) is 0 Å². The molecule has 270 valence electrons. The largest absolute Gasteiger partial charge is 3.00 e. The molecule has 0 aromatic rings. The van der Waals surface area contributed by atoms with Crippen LogP contribution in [-0.2, 0) is 41.6 Å². The Hall–Kier alpha value is -0.555. The van der Waals surface area contributed by atoms with Crippen LogP contribution < -0.4 is 29.4 Å². The van der Waals surface area contributed by atoms with Gasteiger partial charge in [0.05, 0.1) is 19.8 Å².